The average molecular weight is 552 g/mol. The monoisotopic (exact) mass is 551 g/mol. The van der Waals surface area contributed by atoms with E-state index in [1.807, 2.05) is 0 Å². The molecule has 1 aromatic carbocycles. The van der Waals surface area contributed by atoms with E-state index in [-0.39, 0.29) is 29.9 Å². The van der Waals surface area contributed by atoms with Crippen LogP contribution in [0.15, 0.2) is 33.7 Å². The highest BCUT2D eigenvalue weighted by molar-refractivity contribution is 14.0. The second-order valence-electron chi connectivity index (χ2n) is 6.76. The van der Waals surface area contributed by atoms with Crippen LogP contribution >= 0.6 is 39.9 Å². The number of carbonyl (C=O) groups excluding carboxylic acids is 1. The summed E-state index contributed by atoms with van der Waals surface area (Å²) in [5.41, 5.74) is 1.34. The van der Waals surface area contributed by atoms with Gasteiger partial charge in [-0.3, -0.25) is 14.7 Å². The largest absolute Gasteiger partial charge is 0.356 e. The zero-order valence-corrected chi connectivity index (χ0v) is 20.5. The Labute approximate surface area is 188 Å². The van der Waals surface area contributed by atoms with Crippen molar-refractivity contribution in [2.75, 3.05) is 53.9 Å². The minimum atomic E-state index is 0. The first-order chi connectivity index (χ1) is 12.4. The van der Waals surface area contributed by atoms with Crippen molar-refractivity contribution in [2.24, 2.45) is 4.99 Å². The number of nitrogens with one attached hydrogen (secondary N) is 1. The summed E-state index contributed by atoms with van der Waals surface area (Å²) in [7, 11) is 5.36. The number of amides is 1. The Bertz CT molecular complexity index is 615. The van der Waals surface area contributed by atoms with E-state index in [0.29, 0.717) is 19.0 Å². The quantitative estimate of drug-likeness (QED) is 0.347. The number of rotatable bonds is 5. The van der Waals surface area contributed by atoms with E-state index in [0.717, 1.165) is 36.6 Å². The Morgan fingerprint density at radius 2 is 1.81 bits per heavy atom. The van der Waals surface area contributed by atoms with Crippen molar-refractivity contribution < 1.29 is 4.79 Å². The van der Waals surface area contributed by atoms with Gasteiger partial charge in [-0.1, -0.05) is 28.1 Å². The lowest BCUT2D eigenvalue weighted by Crippen LogP contribution is -2.53. The molecular weight excluding hydrogens is 521 g/mol. The molecule has 6 nitrogen and oxygen atoms in total. The third kappa shape index (κ3) is 7.23. The number of aliphatic imine (C=N–C) groups is 1. The maximum atomic E-state index is 11.7. The molecule has 1 N–H and O–H groups in total. The summed E-state index contributed by atoms with van der Waals surface area (Å²) in [6.07, 6.45) is 0.479. The highest BCUT2D eigenvalue weighted by atomic mass is 127. The SMILES string of the molecule is CN=C(NCCC(=O)N(C)C)N1CCN(C(C)c2ccc(Br)cc2)CC1.I. The lowest BCUT2D eigenvalue weighted by molar-refractivity contribution is -0.128. The predicted molar refractivity (Wildman–Crippen MR) is 126 cm³/mol. The second-order valence-corrected chi connectivity index (χ2v) is 7.68. The molecule has 0 spiro atoms. The summed E-state index contributed by atoms with van der Waals surface area (Å²) in [4.78, 5) is 22.4. The molecule has 0 saturated carbocycles. The van der Waals surface area contributed by atoms with E-state index in [9.17, 15) is 4.79 Å². The normalized spacial score (nSPS) is 16.5. The molecule has 1 unspecified atom stereocenters. The van der Waals surface area contributed by atoms with Crippen molar-refractivity contribution in [3.8, 4) is 0 Å². The fourth-order valence-corrected chi connectivity index (χ4v) is 3.37. The molecule has 1 fully saturated rings. The van der Waals surface area contributed by atoms with Crippen molar-refractivity contribution in [1.82, 2.24) is 20.0 Å². The second kappa shape index (κ2) is 11.9. The standard InChI is InChI=1S/C19H30BrN5O.HI/c1-15(16-5-7-17(20)8-6-16)24-11-13-25(14-12-24)19(21-2)22-10-9-18(26)23(3)4;/h5-8,15H,9-14H2,1-4H3,(H,21,22);1H. The van der Waals surface area contributed by atoms with Gasteiger partial charge in [0.1, 0.15) is 0 Å². The van der Waals surface area contributed by atoms with E-state index in [2.05, 4.69) is 67.2 Å². The minimum Gasteiger partial charge on any atom is -0.356 e. The summed E-state index contributed by atoms with van der Waals surface area (Å²) < 4.78 is 1.11. The molecular formula is C19H31BrIN5O. The van der Waals surface area contributed by atoms with Gasteiger partial charge >= 0.3 is 0 Å². The van der Waals surface area contributed by atoms with Crippen LogP contribution in [0.3, 0.4) is 0 Å². The van der Waals surface area contributed by atoms with Crippen LogP contribution in [0.2, 0.25) is 0 Å². The third-order valence-electron chi connectivity index (χ3n) is 4.85. The molecule has 1 aliphatic rings. The molecule has 0 aliphatic carbocycles. The van der Waals surface area contributed by atoms with Gasteiger partial charge in [0, 0.05) is 70.8 Å². The summed E-state index contributed by atoms with van der Waals surface area (Å²) in [5, 5.41) is 3.31. The van der Waals surface area contributed by atoms with Gasteiger partial charge in [0.05, 0.1) is 0 Å². The third-order valence-corrected chi connectivity index (χ3v) is 5.38. The Kier molecular flexibility index (Phi) is 10.6. The molecule has 1 amide bonds. The highest BCUT2D eigenvalue weighted by Gasteiger charge is 2.23. The van der Waals surface area contributed by atoms with Gasteiger partial charge < -0.3 is 15.1 Å². The molecule has 0 bridgehead atoms. The number of nitrogens with zero attached hydrogens (tertiary/aromatic N) is 4. The van der Waals surface area contributed by atoms with Crippen LogP contribution in [-0.2, 0) is 4.79 Å². The zero-order valence-electron chi connectivity index (χ0n) is 16.6. The van der Waals surface area contributed by atoms with E-state index < -0.39 is 0 Å². The fourth-order valence-electron chi connectivity index (χ4n) is 3.11. The molecule has 1 heterocycles. The van der Waals surface area contributed by atoms with Crippen LogP contribution in [0, 0.1) is 0 Å². The van der Waals surface area contributed by atoms with Gasteiger partial charge in [0.25, 0.3) is 0 Å². The van der Waals surface area contributed by atoms with Crippen molar-refractivity contribution in [1.29, 1.82) is 0 Å². The van der Waals surface area contributed by atoms with Crippen molar-refractivity contribution >= 4 is 51.8 Å². The van der Waals surface area contributed by atoms with Crippen LogP contribution in [0.1, 0.15) is 24.9 Å². The summed E-state index contributed by atoms with van der Waals surface area (Å²) in [6, 6.07) is 8.97. The Morgan fingerprint density at radius 3 is 2.33 bits per heavy atom. The van der Waals surface area contributed by atoms with Crippen LogP contribution in [0.25, 0.3) is 0 Å². The molecule has 152 valence electrons. The molecule has 1 atom stereocenters. The number of hydrogen-bond donors (Lipinski definition) is 1. The first-order valence-corrected chi connectivity index (χ1v) is 9.87. The summed E-state index contributed by atoms with van der Waals surface area (Å²) in [5.74, 6) is 1.01. The lowest BCUT2D eigenvalue weighted by atomic mass is 10.1. The van der Waals surface area contributed by atoms with E-state index in [1.54, 1.807) is 26.0 Å². The van der Waals surface area contributed by atoms with E-state index >= 15 is 0 Å². The van der Waals surface area contributed by atoms with E-state index in [4.69, 9.17) is 0 Å². The number of hydrogen-bond acceptors (Lipinski definition) is 3. The first-order valence-electron chi connectivity index (χ1n) is 9.07. The molecule has 2 rings (SSSR count). The Morgan fingerprint density at radius 1 is 1.22 bits per heavy atom. The topological polar surface area (TPSA) is 51.2 Å². The van der Waals surface area contributed by atoms with Gasteiger partial charge in [-0.2, -0.15) is 0 Å². The van der Waals surface area contributed by atoms with E-state index in [1.165, 1.54) is 5.56 Å². The first kappa shape index (κ1) is 24.2. The van der Waals surface area contributed by atoms with Crippen LogP contribution < -0.4 is 5.32 Å². The summed E-state index contributed by atoms with van der Waals surface area (Å²) >= 11 is 3.50. The molecule has 1 aliphatic heterocycles. The number of piperazine rings is 1. The highest BCUT2D eigenvalue weighted by Crippen LogP contribution is 2.23. The Balaban J connectivity index is 0.00000364. The fraction of sp³-hybridized carbons (Fsp3) is 0.579. The average Bonchev–Trinajstić information content (AvgIpc) is 2.65. The molecule has 27 heavy (non-hydrogen) atoms. The van der Waals surface area contributed by atoms with Crippen molar-refractivity contribution in [3.05, 3.63) is 34.3 Å². The minimum absolute atomic E-state index is 0. The molecule has 1 saturated heterocycles. The van der Waals surface area contributed by atoms with Gasteiger partial charge in [-0.15, -0.1) is 24.0 Å². The molecule has 0 radical (unpaired) electrons. The van der Waals surface area contributed by atoms with Gasteiger partial charge in [0.2, 0.25) is 5.91 Å². The van der Waals surface area contributed by atoms with Gasteiger partial charge in [-0.05, 0) is 24.6 Å². The van der Waals surface area contributed by atoms with Crippen LogP contribution in [-0.4, -0.2) is 80.4 Å². The summed E-state index contributed by atoms with van der Waals surface area (Å²) in [6.45, 7) is 6.73. The smallest absolute Gasteiger partial charge is 0.223 e. The number of carbonyl (C=O) groups is 1. The Hall–Kier alpha value is -0.870. The number of guanidine groups is 1. The number of halogens is 2. The predicted octanol–water partition coefficient (Wildman–Crippen LogP) is 2.80. The number of benzene rings is 1. The van der Waals surface area contributed by atoms with Crippen LogP contribution in [0.4, 0.5) is 0 Å². The van der Waals surface area contributed by atoms with Crippen molar-refractivity contribution in [3.63, 3.8) is 0 Å². The molecule has 8 heteroatoms. The van der Waals surface area contributed by atoms with Crippen molar-refractivity contribution in [2.45, 2.75) is 19.4 Å². The maximum Gasteiger partial charge on any atom is 0.223 e. The molecule has 1 aromatic rings. The van der Waals surface area contributed by atoms with Gasteiger partial charge in [-0.25, -0.2) is 0 Å². The van der Waals surface area contributed by atoms with Crippen LogP contribution in [0.5, 0.6) is 0 Å². The lowest BCUT2D eigenvalue weighted by Gasteiger charge is -2.39. The maximum absolute atomic E-state index is 11.7. The van der Waals surface area contributed by atoms with Gasteiger partial charge in [0.15, 0.2) is 5.96 Å². The zero-order chi connectivity index (χ0) is 19.1. The molecule has 0 aromatic heterocycles.